The second-order valence-corrected chi connectivity index (χ2v) is 12.2. The number of rotatable bonds is 11. The Morgan fingerprint density at radius 3 is 2.67 bits per heavy atom. The number of hydrogen-bond acceptors (Lipinski definition) is 11. The molecule has 0 saturated carbocycles. The van der Waals surface area contributed by atoms with E-state index in [2.05, 4.69) is 4.98 Å². The Morgan fingerprint density at radius 1 is 1.13 bits per heavy atom. The topological polar surface area (TPSA) is 125 Å². The van der Waals surface area contributed by atoms with E-state index in [-0.39, 0.29) is 26.0 Å². The number of nitrogens with zero attached hydrogens (tertiary/aromatic N) is 4. The van der Waals surface area contributed by atoms with Crippen LogP contribution in [0, 0.1) is 0 Å². The van der Waals surface area contributed by atoms with Gasteiger partial charge in [-0.15, -0.1) is 0 Å². The van der Waals surface area contributed by atoms with Crippen molar-refractivity contribution in [1.82, 2.24) is 14.5 Å². The molecule has 3 saturated heterocycles. The van der Waals surface area contributed by atoms with Crippen LogP contribution in [0.2, 0.25) is 5.02 Å². The third-order valence-electron chi connectivity index (χ3n) is 8.29. The van der Waals surface area contributed by atoms with Crippen LogP contribution in [-0.4, -0.2) is 91.6 Å². The van der Waals surface area contributed by atoms with Gasteiger partial charge in [0.15, 0.2) is 35.5 Å². The van der Waals surface area contributed by atoms with Gasteiger partial charge < -0.3 is 37.9 Å². The van der Waals surface area contributed by atoms with Crippen molar-refractivity contribution in [2.75, 3.05) is 45.5 Å². The van der Waals surface area contributed by atoms with Crippen LogP contribution < -0.4 is 14.4 Å². The van der Waals surface area contributed by atoms with E-state index in [1.54, 1.807) is 38.1 Å². The zero-order valence-electron chi connectivity index (χ0n) is 26.8. The van der Waals surface area contributed by atoms with Crippen molar-refractivity contribution in [2.24, 2.45) is 0 Å². The maximum atomic E-state index is 13.2. The molecule has 1 amide bonds. The highest BCUT2D eigenvalue weighted by Gasteiger charge is 2.56. The van der Waals surface area contributed by atoms with Gasteiger partial charge in [-0.05, 0) is 64.2 Å². The number of hydrogen-bond donors (Lipinski definition) is 0. The lowest BCUT2D eigenvalue weighted by Crippen LogP contribution is -2.35. The Kier molecular flexibility index (Phi) is 9.88. The summed E-state index contributed by atoms with van der Waals surface area (Å²) in [5.41, 5.74) is 1.82. The van der Waals surface area contributed by atoms with Crippen LogP contribution in [0.1, 0.15) is 51.8 Å². The molecule has 0 aliphatic carbocycles. The zero-order chi connectivity index (χ0) is 32.4. The van der Waals surface area contributed by atoms with Gasteiger partial charge in [0.05, 0.1) is 38.8 Å². The number of anilines is 1. The van der Waals surface area contributed by atoms with Gasteiger partial charge >= 0.3 is 6.09 Å². The number of amides is 1. The molecule has 0 N–H and O–H groups in total. The second-order valence-electron chi connectivity index (χ2n) is 11.8. The Hall–Kier alpha value is -3.20. The fraction of sp³-hybridized carbons (Fsp3) is 0.594. The smallest absolute Gasteiger partial charge is 0.415 e. The van der Waals surface area contributed by atoms with E-state index in [0.29, 0.717) is 46.5 Å². The van der Waals surface area contributed by atoms with Gasteiger partial charge in [-0.25, -0.2) is 14.8 Å². The van der Waals surface area contributed by atoms with Crippen LogP contribution in [0.15, 0.2) is 30.6 Å². The minimum atomic E-state index is -0.825. The summed E-state index contributed by atoms with van der Waals surface area (Å²) >= 11 is 6.76. The fourth-order valence-corrected chi connectivity index (χ4v) is 6.35. The first-order valence-electron chi connectivity index (χ1n) is 15.6. The number of imidazole rings is 1. The van der Waals surface area contributed by atoms with E-state index in [0.717, 1.165) is 24.8 Å². The molecule has 14 heteroatoms. The summed E-state index contributed by atoms with van der Waals surface area (Å²) in [4.78, 5) is 24.1. The third kappa shape index (κ3) is 6.76. The predicted molar refractivity (Wildman–Crippen MR) is 167 cm³/mol. The summed E-state index contributed by atoms with van der Waals surface area (Å²) in [7, 11) is 3.16. The van der Waals surface area contributed by atoms with E-state index in [4.69, 9.17) is 54.5 Å². The van der Waals surface area contributed by atoms with Crippen LogP contribution in [0.3, 0.4) is 0 Å². The summed E-state index contributed by atoms with van der Waals surface area (Å²) in [6.45, 7) is 6.92. The first-order valence-corrected chi connectivity index (χ1v) is 16.0. The lowest BCUT2D eigenvalue weighted by molar-refractivity contribution is -0.219. The molecule has 46 heavy (non-hydrogen) atoms. The summed E-state index contributed by atoms with van der Waals surface area (Å²) in [5.74, 6) is 0.702. The minimum absolute atomic E-state index is 0.196. The SMILES string of the molecule is CCOC(=O)N(CCc1ccc(OC)c(OC)c1)c1cc(Cl)c2ncn([C@@H]3O[C@H](COC4CCCCO4)[C@H]4OC(C)(C)O[C@H]43)c2n1. The molecule has 5 heterocycles. The monoisotopic (exact) mass is 660 g/mol. The third-order valence-corrected chi connectivity index (χ3v) is 8.58. The van der Waals surface area contributed by atoms with Crippen molar-refractivity contribution in [3.05, 3.63) is 41.2 Å². The molecule has 6 rings (SSSR count). The molecule has 2 aromatic heterocycles. The quantitative estimate of drug-likeness (QED) is 0.267. The second kappa shape index (κ2) is 13.9. The van der Waals surface area contributed by atoms with Crippen molar-refractivity contribution >= 4 is 34.7 Å². The van der Waals surface area contributed by atoms with Gasteiger partial charge in [0.2, 0.25) is 0 Å². The summed E-state index contributed by atoms with van der Waals surface area (Å²) < 4.78 is 49.0. The number of aromatic nitrogens is 3. The Balaban J connectivity index is 1.28. The van der Waals surface area contributed by atoms with Crippen LogP contribution in [0.25, 0.3) is 11.2 Å². The van der Waals surface area contributed by atoms with Crippen molar-refractivity contribution in [3.63, 3.8) is 0 Å². The van der Waals surface area contributed by atoms with E-state index in [1.807, 2.05) is 32.0 Å². The van der Waals surface area contributed by atoms with E-state index in [1.165, 1.54) is 4.90 Å². The van der Waals surface area contributed by atoms with Crippen molar-refractivity contribution in [1.29, 1.82) is 0 Å². The first kappa shape index (κ1) is 32.7. The van der Waals surface area contributed by atoms with Gasteiger partial charge in [-0.1, -0.05) is 17.7 Å². The molecule has 3 aliphatic heterocycles. The van der Waals surface area contributed by atoms with Gasteiger partial charge in [0.1, 0.15) is 29.6 Å². The summed E-state index contributed by atoms with van der Waals surface area (Å²) in [6.07, 6.45) is 2.30. The lowest BCUT2D eigenvalue weighted by Gasteiger charge is -2.27. The van der Waals surface area contributed by atoms with Gasteiger partial charge in [-0.2, -0.15) is 0 Å². The molecule has 0 bridgehead atoms. The van der Waals surface area contributed by atoms with Crippen LogP contribution >= 0.6 is 11.6 Å². The standard InChI is InChI=1S/C32H41ClN4O9/c1-6-41-31(38)36(13-12-19-10-11-21(39-4)22(15-19)40-5)24-16-20(33)26-29(35-24)37(18-34-26)30-28-27(45-32(2,3)46-28)23(44-30)17-43-25-9-7-8-14-42-25/h10-11,15-16,18,23,25,27-28,30H,6-9,12-14,17H2,1-5H3/t23-,25?,27-,28-,30-/m1/s1. The first-order chi connectivity index (χ1) is 22.2. The Labute approximate surface area is 272 Å². The Morgan fingerprint density at radius 2 is 1.93 bits per heavy atom. The largest absolute Gasteiger partial charge is 0.493 e. The molecular weight excluding hydrogens is 620 g/mol. The molecule has 250 valence electrons. The molecule has 3 aliphatic rings. The van der Waals surface area contributed by atoms with Crippen LogP contribution in [0.5, 0.6) is 11.5 Å². The average Bonchev–Trinajstić information content (AvgIpc) is 3.71. The number of carbonyl (C=O) groups excluding carboxylic acids is 1. The summed E-state index contributed by atoms with van der Waals surface area (Å²) in [6, 6.07) is 7.24. The normalized spacial score (nSPS) is 25.4. The Bertz CT molecular complexity index is 1530. The predicted octanol–water partition coefficient (Wildman–Crippen LogP) is 5.27. The van der Waals surface area contributed by atoms with Crippen LogP contribution in [-0.2, 0) is 34.8 Å². The molecule has 5 atom stereocenters. The number of fused-ring (bicyclic) bond motifs is 2. The maximum absolute atomic E-state index is 13.2. The van der Waals surface area contributed by atoms with Gasteiger partial charge in [0.25, 0.3) is 0 Å². The van der Waals surface area contributed by atoms with Crippen LogP contribution in [0.4, 0.5) is 10.6 Å². The maximum Gasteiger partial charge on any atom is 0.415 e. The minimum Gasteiger partial charge on any atom is -0.493 e. The number of halogens is 1. The molecule has 0 spiro atoms. The number of pyridine rings is 1. The molecule has 0 radical (unpaired) electrons. The highest BCUT2D eigenvalue weighted by atomic mass is 35.5. The number of benzene rings is 1. The van der Waals surface area contributed by atoms with E-state index in [9.17, 15) is 4.79 Å². The van der Waals surface area contributed by atoms with E-state index >= 15 is 0 Å². The highest BCUT2D eigenvalue weighted by Crippen LogP contribution is 2.44. The van der Waals surface area contributed by atoms with Gasteiger partial charge in [0, 0.05) is 19.2 Å². The zero-order valence-corrected chi connectivity index (χ0v) is 27.5. The summed E-state index contributed by atoms with van der Waals surface area (Å²) in [5, 5.41) is 0.326. The van der Waals surface area contributed by atoms with E-state index < -0.39 is 36.4 Å². The van der Waals surface area contributed by atoms with Crippen molar-refractivity contribution in [2.45, 2.75) is 83.1 Å². The van der Waals surface area contributed by atoms with Crippen molar-refractivity contribution < 1.29 is 42.7 Å². The van der Waals surface area contributed by atoms with Crippen molar-refractivity contribution in [3.8, 4) is 11.5 Å². The number of methoxy groups -OCH3 is 2. The molecule has 3 aromatic rings. The molecular formula is C32H41ClN4O9. The molecule has 13 nitrogen and oxygen atoms in total. The lowest BCUT2D eigenvalue weighted by atomic mass is 10.1. The molecule has 1 aromatic carbocycles. The average molecular weight is 661 g/mol. The highest BCUT2D eigenvalue weighted by molar-refractivity contribution is 6.35. The fourth-order valence-electron chi connectivity index (χ4n) is 6.12. The number of ether oxygens (including phenoxy) is 8. The molecule has 1 unspecified atom stereocenters. The molecule has 3 fully saturated rings. The number of carbonyl (C=O) groups is 1. The van der Waals surface area contributed by atoms with Gasteiger partial charge in [-0.3, -0.25) is 9.47 Å².